The van der Waals surface area contributed by atoms with Gasteiger partial charge >= 0.3 is 5.69 Å². The lowest BCUT2D eigenvalue weighted by molar-refractivity contribution is -0.115. The first-order valence-corrected chi connectivity index (χ1v) is 9.32. The topological polar surface area (TPSA) is 86.0 Å². The number of nitrogens with zero attached hydrogens (tertiary/aromatic N) is 3. The molecule has 27 heavy (non-hydrogen) atoms. The lowest BCUT2D eigenvalue weighted by Crippen LogP contribution is -2.37. The molecule has 3 rings (SSSR count). The predicted molar refractivity (Wildman–Crippen MR) is 108 cm³/mol. The predicted octanol–water partition coefficient (Wildman–Crippen LogP) is 2.40. The van der Waals surface area contributed by atoms with Gasteiger partial charge in [0, 0.05) is 24.0 Å². The third-order valence-electron chi connectivity index (χ3n) is 4.06. The molecular weight excluding hydrogens is 388 g/mol. The van der Waals surface area contributed by atoms with Gasteiger partial charge in [-0.05, 0) is 37.3 Å². The van der Waals surface area contributed by atoms with Crippen LogP contribution in [0.25, 0.3) is 11.0 Å². The van der Waals surface area contributed by atoms with Crippen LogP contribution in [-0.2, 0) is 18.9 Å². The van der Waals surface area contributed by atoms with Gasteiger partial charge in [0.05, 0.1) is 22.5 Å². The van der Waals surface area contributed by atoms with Gasteiger partial charge in [0.25, 0.3) is 5.56 Å². The number of carbonyl (C=O) groups excluding carboxylic acids is 1. The molecule has 2 aromatic heterocycles. The molecule has 0 saturated carbocycles. The average Bonchev–Trinajstić information content (AvgIpc) is 2.66. The fourth-order valence-corrected chi connectivity index (χ4v) is 3.54. The minimum absolute atomic E-state index is 0.224. The second-order valence-corrected chi connectivity index (χ2v) is 7.85. The quantitative estimate of drug-likeness (QED) is 0.675. The highest BCUT2D eigenvalue weighted by atomic mass is 35.5. The lowest BCUT2D eigenvalue weighted by atomic mass is 10.3. The third-order valence-corrected chi connectivity index (χ3v) is 5.42. The molecule has 1 unspecified atom stereocenters. The normalized spacial score (nSPS) is 12.1. The highest BCUT2D eigenvalue weighted by Gasteiger charge is 2.16. The third kappa shape index (κ3) is 3.91. The summed E-state index contributed by atoms with van der Waals surface area (Å²) in [5, 5.41) is 3.29. The number of rotatable bonds is 4. The number of pyridine rings is 1. The molecule has 0 fully saturated rings. The molecule has 1 N–H and O–H groups in total. The Bertz CT molecular complexity index is 1140. The monoisotopic (exact) mass is 404 g/mol. The molecule has 2 heterocycles. The van der Waals surface area contributed by atoms with Crippen molar-refractivity contribution in [2.45, 2.75) is 17.1 Å². The Balaban J connectivity index is 1.83. The van der Waals surface area contributed by atoms with Gasteiger partial charge in [-0.3, -0.25) is 18.7 Å². The summed E-state index contributed by atoms with van der Waals surface area (Å²) >= 11 is 7.26. The summed E-state index contributed by atoms with van der Waals surface area (Å²) in [5.74, 6) is -0.224. The number of aromatic nitrogens is 3. The number of anilines is 1. The highest BCUT2D eigenvalue weighted by Crippen LogP contribution is 2.25. The van der Waals surface area contributed by atoms with Crippen molar-refractivity contribution < 1.29 is 4.79 Å². The Morgan fingerprint density at radius 2 is 1.85 bits per heavy atom. The number of hydrogen-bond acceptors (Lipinski definition) is 5. The van der Waals surface area contributed by atoms with Crippen LogP contribution < -0.4 is 16.6 Å². The number of aryl methyl sites for hydroxylation is 1. The second kappa shape index (κ2) is 7.58. The molecule has 1 amide bonds. The van der Waals surface area contributed by atoms with Crippen LogP contribution in [0.1, 0.15) is 6.92 Å². The molecule has 9 heteroatoms. The van der Waals surface area contributed by atoms with Gasteiger partial charge in [-0.2, -0.15) is 0 Å². The second-order valence-electron chi connectivity index (χ2n) is 6.00. The number of carbonyl (C=O) groups is 1. The summed E-state index contributed by atoms with van der Waals surface area (Å²) in [7, 11) is 2.94. The maximum Gasteiger partial charge on any atom is 0.332 e. The molecule has 1 aromatic carbocycles. The van der Waals surface area contributed by atoms with E-state index in [-0.39, 0.29) is 22.2 Å². The van der Waals surface area contributed by atoms with Crippen LogP contribution in [0.4, 0.5) is 5.69 Å². The Hall–Kier alpha value is -2.58. The number of benzene rings is 1. The van der Waals surface area contributed by atoms with Gasteiger partial charge in [-0.15, -0.1) is 11.8 Å². The molecule has 0 aliphatic carbocycles. The summed E-state index contributed by atoms with van der Waals surface area (Å²) in [6.45, 7) is 1.78. The highest BCUT2D eigenvalue weighted by molar-refractivity contribution is 8.00. The van der Waals surface area contributed by atoms with Crippen molar-refractivity contribution in [2.24, 2.45) is 14.1 Å². The summed E-state index contributed by atoms with van der Waals surface area (Å²) < 4.78 is 2.30. The van der Waals surface area contributed by atoms with E-state index in [4.69, 9.17) is 11.6 Å². The molecule has 0 saturated heterocycles. The molecule has 140 valence electrons. The summed E-state index contributed by atoms with van der Waals surface area (Å²) in [6, 6.07) is 8.75. The Morgan fingerprint density at radius 1 is 1.19 bits per heavy atom. The molecule has 1 atom stereocenters. The number of nitrogens with one attached hydrogen (secondary N) is 1. The van der Waals surface area contributed by atoms with Gasteiger partial charge in [-0.1, -0.05) is 11.6 Å². The lowest BCUT2D eigenvalue weighted by Gasteiger charge is -2.13. The summed E-state index contributed by atoms with van der Waals surface area (Å²) in [5.41, 5.74) is -0.249. The van der Waals surface area contributed by atoms with Crippen LogP contribution in [0.15, 0.2) is 51.0 Å². The minimum Gasteiger partial charge on any atom is -0.324 e. The van der Waals surface area contributed by atoms with Gasteiger partial charge in [-0.25, -0.2) is 9.78 Å². The van der Waals surface area contributed by atoms with Gasteiger partial charge in [0.1, 0.15) is 5.65 Å². The van der Waals surface area contributed by atoms with E-state index in [2.05, 4.69) is 10.3 Å². The molecule has 0 aliphatic heterocycles. The van der Waals surface area contributed by atoms with E-state index in [0.717, 1.165) is 9.46 Å². The van der Waals surface area contributed by atoms with Crippen molar-refractivity contribution in [3.8, 4) is 0 Å². The van der Waals surface area contributed by atoms with Gasteiger partial charge in [0.2, 0.25) is 5.91 Å². The van der Waals surface area contributed by atoms with Crippen LogP contribution in [0, 0.1) is 0 Å². The van der Waals surface area contributed by atoms with Crippen LogP contribution in [0.2, 0.25) is 5.02 Å². The molecule has 3 aromatic rings. The fraction of sp³-hybridized carbons (Fsp3) is 0.222. The first-order valence-electron chi connectivity index (χ1n) is 8.07. The largest absolute Gasteiger partial charge is 0.332 e. The Kier molecular flexibility index (Phi) is 5.38. The van der Waals surface area contributed by atoms with E-state index in [9.17, 15) is 14.4 Å². The summed E-state index contributed by atoms with van der Waals surface area (Å²) in [4.78, 5) is 41.8. The van der Waals surface area contributed by atoms with Crippen molar-refractivity contribution in [3.05, 3.63) is 62.4 Å². The van der Waals surface area contributed by atoms with E-state index in [1.54, 1.807) is 26.1 Å². The van der Waals surface area contributed by atoms with Gasteiger partial charge < -0.3 is 5.32 Å². The number of halogens is 1. The maximum atomic E-state index is 12.5. The fourth-order valence-electron chi connectivity index (χ4n) is 2.55. The van der Waals surface area contributed by atoms with Crippen LogP contribution in [0.5, 0.6) is 0 Å². The van der Waals surface area contributed by atoms with Crippen molar-refractivity contribution in [3.63, 3.8) is 0 Å². The number of thioether (sulfide) groups is 1. The van der Waals surface area contributed by atoms with Crippen molar-refractivity contribution in [2.75, 3.05) is 5.32 Å². The zero-order valence-electron chi connectivity index (χ0n) is 14.9. The number of fused-ring (bicyclic) bond motifs is 1. The van der Waals surface area contributed by atoms with Crippen LogP contribution in [-0.4, -0.2) is 25.3 Å². The zero-order chi connectivity index (χ0) is 19.7. The van der Waals surface area contributed by atoms with Crippen molar-refractivity contribution in [1.82, 2.24) is 14.1 Å². The Labute approximate surface area is 164 Å². The van der Waals surface area contributed by atoms with Crippen molar-refractivity contribution >= 4 is 46.0 Å². The molecule has 0 radical (unpaired) electrons. The molecule has 0 aliphatic rings. The smallest absolute Gasteiger partial charge is 0.324 e. The van der Waals surface area contributed by atoms with Crippen LogP contribution in [0.3, 0.4) is 0 Å². The van der Waals surface area contributed by atoms with E-state index in [0.29, 0.717) is 10.7 Å². The average molecular weight is 405 g/mol. The molecule has 0 bridgehead atoms. The number of amides is 1. The molecule has 7 nitrogen and oxygen atoms in total. The SMILES string of the molecule is CC(Sc1ccc(Cl)cc1)C(=O)Nc1cnc2c(c1)c(=O)n(C)c(=O)n2C. The zero-order valence-corrected chi connectivity index (χ0v) is 16.5. The summed E-state index contributed by atoms with van der Waals surface area (Å²) in [6.07, 6.45) is 1.43. The van der Waals surface area contributed by atoms with E-state index >= 15 is 0 Å². The Morgan fingerprint density at radius 3 is 2.52 bits per heavy atom. The molecular formula is C18H17ClN4O3S. The maximum absolute atomic E-state index is 12.5. The first kappa shape index (κ1) is 19.2. The standard InChI is InChI=1S/C18H17ClN4O3S/c1-10(27-13-6-4-11(19)5-7-13)16(24)21-12-8-14-15(20-9-12)22(2)18(26)23(3)17(14)25/h4-10H,1-3H3,(H,21,24). The van der Waals surface area contributed by atoms with E-state index < -0.39 is 11.2 Å². The van der Waals surface area contributed by atoms with E-state index in [1.165, 1.54) is 35.6 Å². The van der Waals surface area contributed by atoms with Crippen LogP contribution >= 0.6 is 23.4 Å². The van der Waals surface area contributed by atoms with Crippen molar-refractivity contribution in [1.29, 1.82) is 0 Å². The minimum atomic E-state index is -0.458. The van der Waals surface area contributed by atoms with E-state index in [1.807, 2.05) is 12.1 Å². The first-order chi connectivity index (χ1) is 12.8. The molecule has 0 spiro atoms. The van der Waals surface area contributed by atoms with Gasteiger partial charge in [0.15, 0.2) is 0 Å². The number of hydrogen-bond donors (Lipinski definition) is 1.